The molecule has 3 fully saturated rings. The van der Waals surface area contributed by atoms with Gasteiger partial charge in [0, 0.05) is 111 Å². The Bertz CT molecular complexity index is 2520. The number of fused-ring (bicyclic) bond motifs is 1. The number of aromatic nitrogens is 6. The number of anilines is 3. The number of aliphatic hydroxyl groups excluding tert-OH is 1. The maximum Gasteiger partial charge on any atom is 0.254 e. The standard InChI is InChI=1S/C51H66ClN11O6/c1-6-35-33-58-63-42(27-43(59-45(35)63)62-18-8-7-10-38(62)17-21-64)54-29-34-11-14-44(55-30-34)68-23-9-22-66-24-25-67-39-15-19-61(20-16-39)49-56-31-37(32-57-49)46(65)60-47-50(2,3)48(51(47,4)5)69-40-13-12-36(28-53)41(52)26-40/h11-14,26-27,30-33,38-39,47-48,54,64H,6-10,15-25,29H2,1-5H3,(H,60,65). The van der Waals surface area contributed by atoms with Gasteiger partial charge in [0.05, 0.1) is 48.3 Å². The molecule has 368 valence electrons. The second kappa shape index (κ2) is 22.3. The van der Waals surface area contributed by atoms with Crippen LogP contribution in [-0.4, -0.2) is 118 Å². The van der Waals surface area contributed by atoms with E-state index in [0.29, 0.717) is 66.7 Å². The molecule has 18 heteroatoms. The summed E-state index contributed by atoms with van der Waals surface area (Å²) in [6.07, 6.45) is 14.2. The number of pyridine rings is 1. The van der Waals surface area contributed by atoms with Gasteiger partial charge in [-0.1, -0.05) is 52.3 Å². The SMILES string of the molecule is CCc1cnn2c(NCc3ccc(OCCCOCCOC4CCN(c5ncc(C(=O)NC6C(C)(C)C(Oc7ccc(C#N)c(Cl)c7)C6(C)C)cn5)CC4)nc3)cc(N3CCCCC3CCO)nc12. The third kappa shape index (κ3) is 11.5. The smallest absolute Gasteiger partial charge is 0.254 e. The van der Waals surface area contributed by atoms with Crippen LogP contribution in [0.15, 0.2) is 61.2 Å². The van der Waals surface area contributed by atoms with Gasteiger partial charge < -0.3 is 44.5 Å². The number of carbonyl (C=O) groups excluding carboxylic acids is 1. The minimum Gasteiger partial charge on any atom is -0.489 e. The van der Waals surface area contributed by atoms with E-state index in [1.165, 1.54) is 6.42 Å². The van der Waals surface area contributed by atoms with Crippen LogP contribution in [0.4, 0.5) is 17.6 Å². The molecule has 1 atom stereocenters. The molecule has 1 amide bonds. The summed E-state index contributed by atoms with van der Waals surface area (Å²) in [4.78, 5) is 36.6. The van der Waals surface area contributed by atoms with Crippen molar-refractivity contribution in [3.63, 3.8) is 0 Å². The molecule has 0 radical (unpaired) electrons. The number of carbonyl (C=O) groups is 1. The third-order valence-corrected chi connectivity index (χ3v) is 14.2. The van der Waals surface area contributed by atoms with Crippen molar-refractivity contribution in [1.29, 1.82) is 5.26 Å². The maximum absolute atomic E-state index is 13.4. The number of amides is 1. The van der Waals surface area contributed by atoms with Crippen LogP contribution in [0.25, 0.3) is 5.65 Å². The third-order valence-electron chi connectivity index (χ3n) is 13.9. The Kier molecular flexibility index (Phi) is 16.0. The van der Waals surface area contributed by atoms with E-state index in [0.717, 1.165) is 93.0 Å². The number of ether oxygens (including phenoxy) is 4. The number of benzene rings is 1. The average molecular weight is 965 g/mol. The highest BCUT2D eigenvalue weighted by atomic mass is 35.5. The monoisotopic (exact) mass is 963 g/mol. The molecule has 0 spiro atoms. The van der Waals surface area contributed by atoms with E-state index in [4.69, 9.17) is 35.5 Å². The van der Waals surface area contributed by atoms with Crippen molar-refractivity contribution < 1.29 is 28.8 Å². The highest BCUT2D eigenvalue weighted by Gasteiger charge is 2.64. The molecule has 0 bridgehead atoms. The maximum atomic E-state index is 13.4. The molecule has 1 aliphatic carbocycles. The Hall–Kier alpha value is -5.80. The number of nitriles is 1. The lowest BCUT2D eigenvalue weighted by Crippen LogP contribution is -2.74. The number of rotatable bonds is 21. The van der Waals surface area contributed by atoms with Crippen molar-refractivity contribution in [2.24, 2.45) is 10.8 Å². The number of nitrogens with zero attached hydrogens (tertiary/aromatic N) is 9. The summed E-state index contributed by atoms with van der Waals surface area (Å²) in [5.41, 5.74) is 2.99. The zero-order valence-corrected chi connectivity index (χ0v) is 41.3. The fourth-order valence-electron chi connectivity index (χ4n) is 10.4. The second-order valence-corrected chi connectivity index (χ2v) is 19.8. The molecule has 1 aromatic carbocycles. The molecule has 8 rings (SSSR count). The Labute approximate surface area is 409 Å². The zero-order chi connectivity index (χ0) is 48.5. The Morgan fingerprint density at radius 1 is 0.942 bits per heavy atom. The quantitative estimate of drug-likeness (QED) is 0.0613. The predicted molar refractivity (Wildman–Crippen MR) is 264 cm³/mol. The van der Waals surface area contributed by atoms with E-state index in [9.17, 15) is 15.2 Å². The van der Waals surface area contributed by atoms with Crippen LogP contribution in [0.5, 0.6) is 11.6 Å². The molecule has 6 heterocycles. The molecule has 69 heavy (non-hydrogen) atoms. The normalized spacial score (nSPS) is 20.0. The van der Waals surface area contributed by atoms with Gasteiger partial charge in [-0.15, -0.1) is 0 Å². The minimum atomic E-state index is -0.385. The van der Waals surface area contributed by atoms with Gasteiger partial charge in [0.1, 0.15) is 29.6 Å². The largest absolute Gasteiger partial charge is 0.489 e. The van der Waals surface area contributed by atoms with Crippen LogP contribution in [0.2, 0.25) is 5.02 Å². The molecule has 1 unspecified atom stereocenters. The van der Waals surface area contributed by atoms with E-state index in [2.05, 4.69) is 87.2 Å². The number of piperidine rings is 2. The van der Waals surface area contributed by atoms with Crippen molar-refractivity contribution in [3.8, 4) is 17.7 Å². The van der Waals surface area contributed by atoms with E-state index < -0.39 is 0 Å². The van der Waals surface area contributed by atoms with Gasteiger partial charge in [-0.2, -0.15) is 14.9 Å². The average Bonchev–Trinajstić information content (AvgIpc) is 3.79. The van der Waals surface area contributed by atoms with Gasteiger partial charge in [0.25, 0.3) is 5.91 Å². The van der Waals surface area contributed by atoms with Crippen molar-refractivity contribution >= 4 is 40.7 Å². The van der Waals surface area contributed by atoms with Crippen LogP contribution >= 0.6 is 11.6 Å². The molecule has 17 nitrogen and oxygen atoms in total. The van der Waals surface area contributed by atoms with Gasteiger partial charge in [-0.05, 0) is 62.6 Å². The molecule has 3 aliphatic rings. The molecule has 1 saturated carbocycles. The number of nitrogens with one attached hydrogen (secondary N) is 2. The minimum absolute atomic E-state index is 0.130. The second-order valence-electron chi connectivity index (χ2n) is 19.4. The molecule has 2 saturated heterocycles. The topological polar surface area (TPSA) is 197 Å². The Morgan fingerprint density at radius 2 is 1.74 bits per heavy atom. The highest BCUT2D eigenvalue weighted by molar-refractivity contribution is 6.31. The summed E-state index contributed by atoms with van der Waals surface area (Å²) >= 11 is 6.25. The molecule has 3 N–H and O–H groups in total. The predicted octanol–water partition coefficient (Wildman–Crippen LogP) is 7.44. The Balaban J connectivity index is 0.698. The number of hydrogen-bond donors (Lipinski definition) is 3. The van der Waals surface area contributed by atoms with Crippen molar-refractivity contribution in [3.05, 3.63) is 88.5 Å². The lowest BCUT2D eigenvalue weighted by atomic mass is 9.49. The summed E-state index contributed by atoms with van der Waals surface area (Å²) in [5, 5.41) is 30.7. The van der Waals surface area contributed by atoms with E-state index in [1.807, 2.05) is 29.0 Å². The summed E-state index contributed by atoms with van der Waals surface area (Å²) in [6.45, 7) is 15.6. The first-order valence-electron chi connectivity index (χ1n) is 24.4. The summed E-state index contributed by atoms with van der Waals surface area (Å²) in [6, 6.07) is 13.2. The Morgan fingerprint density at radius 3 is 2.45 bits per heavy atom. The summed E-state index contributed by atoms with van der Waals surface area (Å²) in [5.74, 6) is 3.30. The van der Waals surface area contributed by atoms with Crippen LogP contribution in [0.3, 0.4) is 0 Å². The first-order valence-corrected chi connectivity index (χ1v) is 24.8. The fraction of sp³-hybridized carbons (Fsp3) is 0.549. The number of hydrogen-bond acceptors (Lipinski definition) is 15. The van der Waals surface area contributed by atoms with Gasteiger partial charge in [0.15, 0.2) is 5.65 Å². The molecular formula is C51H66ClN11O6. The number of halogens is 1. The van der Waals surface area contributed by atoms with Crippen molar-refractivity contribution in [2.45, 2.75) is 117 Å². The van der Waals surface area contributed by atoms with Crippen LogP contribution in [0, 0.1) is 22.2 Å². The van der Waals surface area contributed by atoms with Crippen LogP contribution in [-0.2, 0) is 22.4 Å². The zero-order valence-electron chi connectivity index (χ0n) is 40.5. The van der Waals surface area contributed by atoms with Gasteiger partial charge in [-0.3, -0.25) is 4.79 Å². The van der Waals surface area contributed by atoms with Gasteiger partial charge in [-0.25, -0.2) is 19.9 Å². The van der Waals surface area contributed by atoms with Crippen molar-refractivity contribution in [1.82, 2.24) is 34.9 Å². The van der Waals surface area contributed by atoms with E-state index >= 15 is 0 Å². The van der Waals surface area contributed by atoms with Crippen molar-refractivity contribution in [2.75, 3.05) is 67.8 Å². The van der Waals surface area contributed by atoms with Crippen LogP contribution < -0.4 is 29.9 Å². The highest BCUT2D eigenvalue weighted by Crippen LogP contribution is 2.55. The van der Waals surface area contributed by atoms with Gasteiger partial charge in [0.2, 0.25) is 11.8 Å². The molecule has 2 aliphatic heterocycles. The molecule has 5 aromatic rings. The molecular weight excluding hydrogens is 898 g/mol. The lowest BCUT2D eigenvalue weighted by molar-refractivity contribution is -0.164. The van der Waals surface area contributed by atoms with E-state index in [-0.39, 0.29) is 47.6 Å². The van der Waals surface area contributed by atoms with Crippen LogP contribution in [0.1, 0.15) is 107 Å². The summed E-state index contributed by atoms with van der Waals surface area (Å²) < 4.78 is 26.1. The fourth-order valence-corrected chi connectivity index (χ4v) is 10.6. The molecule has 4 aromatic heterocycles. The number of aliphatic hydroxyl groups is 1. The lowest BCUT2D eigenvalue weighted by Gasteiger charge is -2.63. The van der Waals surface area contributed by atoms with Gasteiger partial charge >= 0.3 is 0 Å². The number of aryl methyl sites for hydroxylation is 1. The summed E-state index contributed by atoms with van der Waals surface area (Å²) in [7, 11) is 0. The first-order chi connectivity index (χ1) is 33.4. The first kappa shape index (κ1) is 49.6. The van der Waals surface area contributed by atoms with E-state index in [1.54, 1.807) is 30.6 Å².